The number of hydrogen-bond acceptors (Lipinski definition) is 2. The minimum Gasteiger partial charge on any atom is -0.390 e. The quantitative estimate of drug-likeness (QED) is 0.684. The number of carbonyl (C=O) groups excluding carboxylic acids is 1. The first-order chi connectivity index (χ1) is 14.1. The third-order valence-corrected chi connectivity index (χ3v) is 6.24. The van der Waals surface area contributed by atoms with Crippen molar-refractivity contribution in [2.45, 2.75) is 50.8 Å². The first-order valence-corrected chi connectivity index (χ1v) is 10.3. The van der Waals surface area contributed by atoms with Gasteiger partial charge in [0, 0.05) is 19.0 Å². The fourth-order valence-corrected chi connectivity index (χ4v) is 4.45. The van der Waals surface area contributed by atoms with Gasteiger partial charge in [-0.25, -0.2) is 0 Å². The summed E-state index contributed by atoms with van der Waals surface area (Å²) in [6, 6.07) is 15.0. The standard InChI is InChI=1S/C24H28F3NO2/c1-23(30,20-9-11-21(12-10-20)24(25,26)27)15-16-5-3-6-17(13-16)18-7-4-8-19(14-18)22(29)28-2/h3-8,13-14,20-21,30H,9-12,15H2,1-2H3,(H,28,29). The third-order valence-electron chi connectivity index (χ3n) is 6.24. The van der Waals surface area contributed by atoms with Crippen LogP contribution in [0.4, 0.5) is 13.2 Å². The number of nitrogens with one attached hydrogen (secondary N) is 1. The normalized spacial score (nSPS) is 21.7. The van der Waals surface area contributed by atoms with Gasteiger partial charge in [0.25, 0.3) is 5.91 Å². The van der Waals surface area contributed by atoms with Crippen molar-refractivity contribution in [2.24, 2.45) is 11.8 Å². The molecule has 0 heterocycles. The fourth-order valence-electron chi connectivity index (χ4n) is 4.45. The minimum absolute atomic E-state index is 0.0800. The van der Waals surface area contributed by atoms with E-state index < -0.39 is 17.7 Å². The van der Waals surface area contributed by atoms with Crippen molar-refractivity contribution in [1.29, 1.82) is 0 Å². The van der Waals surface area contributed by atoms with Crippen molar-refractivity contribution >= 4 is 5.91 Å². The average Bonchev–Trinajstić information content (AvgIpc) is 2.72. The van der Waals surface area contributed by atoms with Gasteiger partial charge >= 0.3 is 6.18 Å². The monoisotopic (exact) mass is 419 g/mol. The fraction of sp³-hybridized carbons (Fsp3) is 0.458. The number of rotatable bonds is 5. The van der Waals surface area contributed by atoms with Crippen LogP contribution in [-0.2, 0) is 6.42 Å². The van der Waals surface area contributed by atoms with Gasteiger partial charge in [0.2, 0.25) is 0 Å². The predicted octanol–water partition coefficient (Wildman–Crippen LogP) is 5.38. The Balaban J connectivity index is 1.73. The number of carbonyl (C=O) groups is 1. The van der Waals surface area contributed by atoms with Crippen LogP contribution in [0.5, 0.6) is 0 Å². The molecule has 2 N–H and O–H groups in total. The van der Waals surface area contributed by atoms with Crippen molar-refractivity contribution in [2.75, 3.05) is 7.05 Å². The maximum absolute atomic E-state index is 12.9. The lowest BCUT2D eigenvalue weighted by atomic mass is 9.72. The maximum Gasteiger partial charge on any atom is 0.391 e. The van der Waals surface area contributed by atoms with Gasteiger partial charge < -0.3 is 10.4 Å². The van der Waals surface area contributed by atoms with E-state index >= 15 is 0 Å². The van der Waals surface area contributed by atoms with Crippen molar-refractivity contribution in [3.63, 3.8) is 0 Å². The highest BCUT2D eigenvalue weighted by molar-refractivity contribution is 5.95. The smallest absolute Gasteiger partial charge is 0.390 e. The van der Waals surface area contributed by atoms with E-state index in [1.54, 1.807) is 20.0 Å². The Kier molecular flexibility index (Phi) is 6.56. The summed E-state index contributed by atoms with van der Waals surface area (Å²) in [5.41, 5.74) is 2.23. The summed E-state index contributed by atoms with van der Waals surface area (Å²) in [6.45, 7) is 1.73. The molecule has 1 aliphatic carbocycles. The summed E-state index contributed by atoms with van der Waals surface area (Å²) in [5, 5.41) is 13.7. The summed E-state index contributed by atoms with van der Waals surface area (Å²) >= 11 is 0. The lowest BCUT2D eigenvalue weighted by molar-refractivity contribution is -0.188. The summed E-state index contributed by atoms with van der Waals surface area (Å²) < 4.78 is 38.8. The van der Waals surface area contributed by atoms with E-state index in [0.29, 0.717) is 24.8 Å². The number of benzene rings is 2. The van der Waals surface area contributed by atoms with Crippen LogP contribution in [0.2, 0.25) is 0 Å². The molecule has 2 aromatic rings. The van der Waals surface area contributed by atoms with E-state index in [1.807, 2.05) is 42.5 Å². The molecule has 162 valence electrons. The van der Waals surface area contributed by atoms with Crippen molar-refractivity contribution in [3.8, 4) is 11.1 Å². The van der Waals surface area contributed by atoms with Crippen LogP contribution in [-0.4, -0.2) is 29.8 Å². The highest BCUT2D eigenvalue weighted by Gasteiger charge is 2.44. The van der Waals surface area contributed by atoms with Crippen LogP contribution < -0.4 is 5.32 Å². The van der Waals surface area contributed by atoms with Crippen LogP contribution >= 0.6 is 0 Å². The zero-order valence-corrected chi connectivity index (χ0v) is 17.3. The van der Waals surface area contributed by atoms with E-state index in [4.69, 9.17) is 0 Å². The molecule has 0 saturated heterocycles. The molecule has 0 spiro atoms. The molecular weight excluding hydrogens is 391 g/mol. The van der Waals surface area contributed by atoms with Crippen molar-refractivity contribution in [3.05, 3.63) is 59.7 Å². The molecule has 3 nitrogen and oxygen atoms in total. The molecule has 2 aromatic carbocycles. The Hall–Kier alpha value is -2.34. The number of amides is 1. The molecule has 0 radical (unpaired) electrons. The second-order valence-electron chi connectivity index (χ2n) is 8.48. The first-order valence-electron chi connectivity index (χ1n) is 10.3. The molecule has 30 heavy (non-hydrogen) atoms. The molecule has 1 saturated carbocycles. The number of hydrogen-bond donors (Lipinski definition) is 2. The molecule has 1 aliphatic rings. The molecule has 3 rings (SSSR count). The number of aliphatic hydroxyl groups is 1. The Morgan fingerprint density at radius 2 is 1.57 bits per heavy atom. The molecule has 1 amide bonds. The van der Waals surface area contributed by atoms with Crippen molar-refractivity contribution < 1.29 is 23.1 Å². The van der Waals surface area contributed by atoms with E-state index in [0.717, 1.165) is 16.7 Å². The van der Waals surface area contributed by atoms with Gasteiger partial charge in [0.1, 0.15) is 0 Å². The third kappa shape index (κ3) is 5.22. The SMILES string of the molecule is CNC(=O)c1cccc(-c2cccc(CC(C)(O)C3CCC(C(F)(F)F)CC3)c2)c1. The highest BCUT2D eigenvalue weighted by atomic mass is 19.4. The topological polar surface area (TPSA) is 49.3 Å². The minimum atomic E-state index is -4.14. The van der Waals surface area contributed by atoms with Gasteiger partial charge in [-0.1, -0.05) is 36.4 Å². The predicted molar refractivity (Wildman–Crippen MR) is 111 cm³/mol. The van der Waals surface area contributed by atoms with Crippen LogP contribution in [0, 0.1) is 11.8 Å². The van der Waals surface area contributed by atoms with Crippen LogP contribution in [0.1, 0.15) is 48.5 Å². The van der Waals surface area contributed by atoms with Gasteiger partial charge in [-0.3, -0.25) is 4.79 Å². The Labute approximate surface area is 175 Å². The lowest BCUT2D eigenvalue weighted by Crippen LogP contribution is -2.41. The number of halogens is 3. The maximum atomic E-state index is 12.9. The summed E-state index contributed by atoms with van der Waals surface area (Å²) in [6.07, 6.45) is -2.85. The Morgan fingerprint density at radius 1 is 1.00 bits per heavy atom. The summed E-state index contributed by atoms with van der Waals surface area (Å²) in [7, 11) is 1.58. The molecule has 6 heteroatoms. The van der Waals surface area contributed by atoms with Gasteiger partial charge in [-0.15, -0.1) is 0 Å². The summed E-state index contributed by atoms with van der Waals surface area (Å²) in [4.78, 5) is 11.9. The van der Waals surface area contributed by atoms with Gasteiger partial charge in [0.15, 0.2) is 0 Å². The lowest BCUT2D eigenvalue weighted by Gasteiger charge is -2.38. The first kappa shape index (κ1) is 22.3. The molecule has 1 unspecified atom stereocenters. The Bertz CT molecular complexity index is 884. The van der Waals surface area contributed by atoms with E-state index in [9.17, 15) is 23.1 Å². The van der Waals surface area contributed by atoms with Crippen LogP contribution in [0.15, 0.2) is 48.5 Å². The molecule has 1 atom stereocenters. The number of alkyl halides is 3. The van der Waals surface area contributed by atoms with E-state index in [-0.39, 0.29) is 24.7 Å². The van der Waals surface area contributed by atoms with Gasteiger partial charge in [-0.05, 0) is 67.3 Å². The molecule has 0 bridgehead atoms. The summed E-state index contributed by atoms with van der Waals surface area (Å²) in [5.74, 6) is -1.57. The van der Waals surface area contributed by atoms with E-state index in [2.05, 4.69) is 5.32 Å². The zero-order valence-electron chi connectivity index (χ0n) is 17.3. The largest absolute Gasteiger partial charge is 0.391 e. The highest BCUT2D eigenvalue weighted by Crippen LogP contribution is 2.43. The van der Waals surface area contributed by atoms with Crippen LogP contribution in [0.25, 0.3) is 11.1 Å². The second kappa shape index (κ2) is 8.80. The van der Waals surface area contributed by atoms with E-state index in [1.165, 1.54) is 0 Å². The van der Waals surface area contributed by atoms with Gasteiger partial charge in [0.05, 0.1) is 11.5 Å². The molecule has 0 aromatic heterocycles. The second-order valence-corrected chi connectivity index (χ2v) is 8.48. The van der Waals surface area contributed by atoms with Crippen LogP contribution in [0.3, 0.4) is 0 Å². The Morgan fingerprint density at radius 3 is 2.17 bits per heavy atom. The molecular formula is C24H28F3NO2. The average molecular weight is 419 g/mol. The zero-order chi connectivity index (χ0) is 21.9. The molecule has 0 aliphatic heterocycles. The van der Waals surface area contributed by atoms with Gasteiger partial charge in [-0.2, -0.15) is 13.2 Å². The molecule has 1 fully saturated rings. The van der Waals surface area contributed by atoms with Crippen molar-refractivity contribution in [1.82, 2.24) is 5.32 Å².